The highest BCUT2D eigenvalue weighted by Crippen LogP contribution is 2.16. The second kappa shape index (κ2) is 7.42. The minimum absolute atomic E-state index is 0.345. The van der Waals surface area contributed by atoms with Crippen LogP contribution >= 0.6 is 0 Å². The minimum atomic E-state index is 0.345. The van der Waals surface area contributed by atoms with Gasteiger partial charge in [0.25, 0.3) is 0 Å². The van der Waals surface area contributed by atoms with Gasteiger partial charge in [0.2, 0.25) is 0 Å². The van der Waals surface area contributed by atoms with E-state index in [4.69, 9.17) is 16.7 Å². The quantitative estimate of drug-likeness (QED) is 0.499. The summed E-state index contributed by atoms with van der Waals surface area (Å²) in [6, 6.07) is 13.5. The molecule has 0 atom stereocenters. The van der Waals surface area contributed by atoms with Gasteiger partial charge < -0.3 is 10.2 Å². The van der Waals surface area contributed by atoms with Crippen molar-refractivity contribution in [3.63, 3.8) is 0 Å². The summed E-state index contributed by atoms with van der Waals surface area (Å²) in [6.45, 7) is 6.03. The topological polar surface area (TPSA) is 45.4 Å². The highest BCUT2D eigenvalue weighted by atomic mass is 16.6. The summed E-state index contributed by atoms with van der Waals surface area (Å²) >= 11 is 0. The van der Waals surface area contributed by atoms with Crippen molar-refractivity contribution < 1.29 is 4.84 Å². The number of aryl methyl sites for hydroxylation is 1. The molecule has 2 rings (SSSR count). The van der Waals surface area contributed by atoms with Crippen molar-refractivity contribution in [1.82, 2.24) is 0 Å². The summed E-state index contributed by atoms with van der Waals surface area (Å²) in [5.74, 6) is 2.59. The average Bonchev–Trinajstić information content (AvgIpc) is 2.56. The molecule has 3 heteroatoms. The van der Waals surface area contributed by atoms with Gasteiger partial charge in [0, 0.05) is 22.4 Å². The van der Waals surface area contributed by atoms with Crippen LogP contribution in [0.2, 0.25) is 0 Å². The lowest BCUT2D eigenvalue weighted by molar-refractivity contribution is 0.130. The van der Waals surface area contributed by atoms with Crippen molar-refractivity contribution in [1.29, 1.82) is 5.41 Å². The lowest BCUT2D eigenvalue weighted by Gasteiger charge is -2.11. The summed E-state index contributed by atoms with van der Waals surface area (Å²) in [5.41, 5.74) is 6.12. The van der Waals surface area contributed by atoms with E-state index in [2.05, 4.69) is 11.1 Å². The predicted octanol–water partition coefficient (Wildman–Crippen LogP) is 4.30. The van der Waals surface area contributed by atoms with Crippen LogP contribution in [0.15, 0.2) is 47.6 Å². The molecular weight excluding hydrogens is 284 g/mol. The summed E-state index contributed by atoms with van der Waals surface area (Å²) in [5, 5.41) is 12.0. The van der Waals surface area contributed by atoms with Crippen LogP contribution in [0.4, 0.5) is 0 Å². The Morgan fingerprint density at radius 2 is 1.87 bits per heavy atom. The molecule has 116 valence electrons. The van der Waals surface area contributed by atoms with Gasteiger partial charge in [-0.2, -0.15) is 0 Å². The molecule has 0 radical (unpaired) electrons. The zero-order valence-corrected chi connectivity index (χ0v) is 13.7. The molecule has 0 fully saturated rings. The molecule has 0 aliphatic rings. The molecule has 0 aromatic heterocycles. The zero-order chi connectivity index (χ0) is 16.8. The maximum absolute atomic E-state index is 7.86. The van der Waals surface area contributed by atoms with E-state index in [1.54, 1.807) is 6.92 Å². The summed E-state index contributed by atoms with van der Waals surface area (Å²) in [7, 11) is 0. The fraction of sp³-hybridized carbons (Fsp3) is 0.200. The van der Waals surface area contributed by atoms with Crippen molar-refractivity contribution in [3.8, 4) is 12.3 Å². The van der Waals surface area contributed by atoms with E-state index in [0.29, 0.717) is 12.3 Å². The predicted molar refractivity (Wildman–Crippen MR) is 95.1 cm³/mol. The van der Waals surface area contributed by atoms with Crippen LogP contribution in [0.1, 0.15) is 41.7 Å². The summed E-state index contributed by atoms with van der Waals surface area (Å²) < 4.78 is 0. The molecule has 3 nitrogen and oxygen atoms in total. The summed E-state index contributed by atoms with van der Waals surface area (Å²) in [4.78, 5) is 5.52. The molecule has 0 saturated carbocycles. The van der Waals surface area contributed by atoms with Gasteiger partial charge in [-0.3, -0.25) is 0 Å². The Labute approximate surface area is 137 Å². The number of hydrogen-bond acceptors (Lipinski definition) is 3. The molecule has 1 N–H and O–H groups in total. The van der Waals surface area contributed by atoms with Gasteiger partial charge in [0.05, 0.1) is 5.71 Å². The van der Waals surface area contributed by atoms with Crippen LogP contribution in [0.3, 0.4) is 0 Å². The fourth-order valence-corrected chi connectivity index (χ4v) is 2.30. The van der Waals surface area contributed by atoms with Crippen LogP contribution in [0.25, 0.3) is 0 Å². The van der Waals surface area contributed by atoms with Gasteiger partial charge in [-0.05, 0) is 44.0 Å². The number of rotatable bonds is 5. The minimum Gasteiger partial charge on any atom is -0.391 e. The number of terminal acetylenes is 1. The third-order valence-electron chi connectivity index (χ3n) is 3.69. The van der Waals surface area contributed by atoms with E-state index in [9.17, 15) is 0 Å². The second-order valence-corrected chi connectivity index (χ2v) is 5.40. The maximum Gasteiger partial charge on any atom is 0.143 e. The number of nitrogens with zero attached hydrogens (tertiary/aromatic N) is 1. The standard InChI is InChI=1S/C20H20N2O/c1-5-17-9-11-18(12-10-17)16(4)22-23-13-20-14(2)7-6-8-19(20)15(3)21/h1,6-12,21H,13H2,2-4H3/b21-15?,22-16+. The lowest BCUT2D eigenvalue weighted by atomic mass is 10.00. The van der Waals surface area contributed by atoms with Crippen molar-refractivity contribution in [3.05, 3.63) is 70.3 Å². The van der Waals surface area contributed by atoms with Crippen LogP contribution < -0.4 is 0 Å². The van der Waals surface area contributed by atoms with Crippen LogP contribution in [0.5, 0.6) is 0 Å². The SMILES string of the molecule is C#Cc1ccc(/C(C)=N/OCc2c(C)cccc2C(C)=N)cc1. The Balaban J connectivity index is 2.12. The smallest absolute Gasteiger partial charge is 0.143 e. The number of oxime groups is 1. The third-order valence-corrected chi connectivity index (χ3v) is 3.69. The zero-order valence-electron chi connectivity index (χ0n) is 13.7. The number of nitrogens with one attached hydrogen (secondary N) is 1. The molecule has 2 aromatic rings. The van der Waals surface area contributed by atoms with Crippen molar-refractivity contribution >= 4 is 11.4 Å². The van der Waals surface area contributed by atoms with Crippen LogP contribution in [-0.4, -0.2) is 11.4 Å². The highest BCUT2D eigenvalue weighted by Gasteiger charge is 2.08. The molecule has 0 aliphatic heterocycles. The largest absolute Gasteiger partial charge is 0.391 e. The molecule has 0 aliphatic carbocycles. The third kappa shape index (κ3) is 4.08. The number of benzene rings is 2. The molecular formula is C20H20N2O. The molecule has 0 spiro atoms. The van der Waals surface area contributed by atoms with E-state index >= 15 is 0 Å². The van der Waals surface area contributed by atoms with Crippen LogP contribution in [0, 0.1) is 24.7 Å². The molecule has 0 bridgehead atoms. The average molecular weight is 304 g/mol. The van der Waals surface area contributed by atoms with Crippen LogP contribution in [-0.2, 0) is 11.4 Å². The van der Waals surface area contributed by atoms with E-state index < -0.39 is 0 Å². The maximum atomic E-state index is 7.86. The highest BCUT2D eigenvalue weighted by molar-refractivity contribution is 5.98. The van der Waals surface area contributed by atoms with E-state index in [0.717, 1.165) is 33.5 Å². The monoisotopic (exact) mass is 304 g/mol. The van der Waals surface area contributed by atoms with Crippen molar-refractivity contribution in [2.75, 3.05) is 0 Å². The van der Waals surface area contributed by atoms with Crippen molar-refractivity contribution in [2.45, 2.75) is 27.4 Å². The Morgan fingerprint density at radius 3 is 2.48 bits per heavy atom. The molecule has 0 amide bonds. The fourth-order valence-electron chi connectivity index (χ4n) is 2.30. The Hall–Kier alpha value is -2.86. The van der Waals surface area contributed by atoms with Gasteiger partial charge in [-0.1, -0.05) is 41.4 Å². The van der Waals surface area contributed by atoms with E-state index in [1.165, 1.54) is 0 Å². The molecule has 0 heterocycles. The van der Waals surface area contributed by atoms with Gasteiger partial charge in [0.15, 0.2) is 0 Å². The lowest BCUT2D eigenvalue weighted by Crippen LogP contribution is -2.04. The van der Waals surface area contributed by atoms with E-state index in [-0.39, 0.29) is 0 Å². The second-order valence-electron chi connectivity index (χ2n) is 5.40. The Kier molecular flexibility index (Phi) is 5.32. The first-order chi connectivity index (χ1) is 11.0. The normalized spacial score (nSPS) is 11.0. The first-order valence-electron chi connectivity index (χ1n) is 7.40. The van der Waals surface area contributed by atoms with Crippen molar-refractivity contribution in [2.24, 2.45) is 5.16 Å². The molecule has 2 aromatic carbocycles. The Morgan fingerprint density at radius 1 is 1.17 bits per heavy atom. The van der Waals surface area contributed by atoms with Gasteiger partial charge in [0.1, 0.15) is 6.61 Å². The first kappa shape index (κ1) is 16.5. The first-order valence-corrected chi connectivity index (χ1v) is 7.40. The number of hydrogen-bond donors (Lipinski definition) is 1. The van der Waals surface area contributed by atoms with Gasteiger partial charge in [-0.25, -0.2) is 0 Å². The molecule has 0 saturated heterocycles. The molecule has 0 unspecified atom stereocenters. The Bertz CT molecular complexity index is 780. The van der Waals surface area contributed by atoms with Gasteiger partial charge in [-0.15, -0.1) is 6.42 Å². The molecule has 23 heavy (non-hydrogen) atoms. The van der Waals surface area contributed by atoms with Gasteiger partial charge >= 0.3 is 0 Å². The van der Waals surface area contributed by atoms with E-state index in [1.807, 2.05) is 56.3 Å². The summed E-state index contributed by atoms with van der Waals surface area (Å²) in [6.07, 6.45) is 5.35.